The Labute approximate surface area is 174 Å². The van der Waals surface area contributed by atoms with E-state index < -0.39 is 0 Å². The number of aromatic nitrogens is 3. The molecule has 0 aromatic carbocycles. The van der Waals surface area contributed by atoms with Crippen molar-refractivity contribution in [1.29, 1.82) is 0 Å². The maximum atomic E-state index is 4.61. The van der Waals surface area contributed by atoms with Gasteiger partial charge < -0.3 is 20.1 Å². The summed E-state index contributed by atoms with van der Waals surface area (Å²) in [6, 6.07) is 0.722. The molecule has 0 amide bonds. The van der Waals surface area contributed by atoms with E-state index in [1.165, 1.54) is 25.8 Å². The highest BCUT2D eigenvalue weighted by Gasteiger charge is 2.17. The molecule has 1 aliphatic heterocycles. The summed E-state index contributed by atoms with van der Waals surface area (Å²) < 4.78 is 1.96. The molecule has 7 nitrogen and oxygen atoms in total. The van der Waals surface area contributed by atoms with E-state index >= 15 is 0 Å². The van der Waals surface area contributed by atoms with E-state index in [4.69, 9.17) is 0 Å². The van der Waals surface area contributed by atoms with E-state index in [9.17, 15) is 0 Å². The largest absolute Gasteiger partial charge is 0.356 e. The van der Waals surface area contributed by atoms with Gasteiger partial charge in [-0.3, -0.25) is 0 Å². The first-order chi connectivity index (χ1) is 12.1. The molecule has 1 saturated heterocycles. The van der Waals surface area contributed by atoms with Crippen LogP contribution in [0.1, 0.15) is 44.3 Å². The van der Waals surface area contributed by atoms with Crippen molar-refractivity contribution >= 4 is 29.9 Å². The second kappa shape index (κ2) is 12.3. The number of aliphatic imine (C=N–C) groups is 1. The van der Waals surface area contributed by atoms with Crippen molar-refractivity contribution in [3.05, 3.63) is 24.3 Å². The zero-order valence-electron chi connectivity index (χ0n) is 16.4. The van der Waals surface area contributed by atoms with Crippen LogP contribution < -0.4 is 10.6 Å². The molecule has 1 aromatic rings. The molecule has 1 fully saturated rings. The van der Waals surface area contributed by atoms with E-state index in [1.807, 2.05) is 24.6 Å². The number of hydrogen-bond acceptors (Lipinski definition) is 4. The van der Waals surface area contributed by atoms with Crippen molar-refractivity contribution in [1.82, 2.24) is 30.3 Å². The van der Waals surface area contributed by atoms with Gasteiger partial charge in [-0.05, 0) is 39.7 Å². The van der Waals surface area contributed by atoms with Gasteiger partial charge in [0, 0.05) is 32.7 Å². The standard InChI is InChI=1S/C18H33N7.HI/c1-5-10-19-18(21-14-17-23-22-16(3)24(17)4)20-11-8-13-25-12-7-6-9-15(25)2;/h5,15H,1,6-14H2,2-4H3,(H2,19,20,21);1H. The fourth-order valence-corrected chi connectivity index (χ4v) is 3.06. The minimum absolute atomic E-state index is 0. The van der Waals surface area contributed by atoms with Gasteiger partial charge in [-0.2, -0.15) is 0 Å². The van der Waals surface area contributed by atoms with Crippen molar-refractivity contribution < 1.29 is 0 Å². The molecule has 1 aliphatic rings. The van der Waals surface area contributed by atoms with Gasteiger partial charge in [-0.15, -0.1) is 40.8 Å². The molecule has 1 unspecified atom stereocenters. The van der Waals surface area contributed by atoms with Gasteiger partial charge in [0.25, 0.3) is 0 Å². The number of piperidine rings is 1. The maximum Gasteiger partial charge on any atom is 0.191 e. The average Bonchev–Trinajstić information content (AvgIpc) is 2.93. The van der Waals surface area contributed by atoms with Crippen molar-refractivity contribution in [2.24, 2.45) is 12.0 Å². The molecule has 0 radical (unpaired) electrons. The molecule has 26 heavy (non-hydrogen) atoms. The summed E-state index contributed by atoms with van der Waals surface area (Å²) >= 11 is 0. The molecule has 0 aliphatic carbocycles. The summed E-state index contributed by atoms with van der Waals surface area (Å²) in [6.07, 6.45) is 6.99. The van der Waals surface area contributed by atoms with Crippen LogP contribution in [-0.2, 0) is 13.6 Å². The minimum Gasteiger partial charge on any atom is -0.356 e. The van der Waals surface area contributed by atoms with E-state index in [-0.39, 0.29) is 24.0 Å². The lowest BCUT2D eigenvalue weighted by Crippen LogP contribution is -2.41. The second-order valence-electron chi connectivity index (χ2n) is 6.72. The number of halogens is 1. The Hall–Kier alpha value is -1.16. The number of nitrogens with zero attached hydrogens (tertiary/aromatic N) is 5. The zero-order valence-corrected chi connectivity index (χ0v) is 18.7. The highest BCUT2D eigenvalue weighted by Crippen LogP contribution is 2.15. The normalized spacial score (nSPS) is 18.3. The van der Waals surface area contributed by atoms with Gasteiger partial charge in [-0.1, -0.05) is 12.5 Å². The Bertz CT molecular complexity index is 570. The molecular formula is C18H34IN7. The van der Waals surface area contributed by atoms with Gasteiger partial charge in [0.2, 0.25) is 0 Å². The van der Waals surface area contributed by atoms with Crippen LogP contribution in [0.5, 0.6) is 0 Å². The first-order valence-electron chi connectivity index (χ1n) is 9.33. The Morgan fingerprint density at radius 3 is 2.81 bits per heavy atom. The average molecular weight is 475 g/mol. The second-order valence-corrected chi connectivity index (χ2v) is 6.72. The quantitative estimate of drug-likeness (QED) is 0.199. The topological polar surface area (TPSA) is 70.4 Å². The van der Waals surface area contributed by atoms with Crippen LogP contribution in [0.25, 0.3) is 0 Å². The van der Waals surface area contributed by atoms with Gasteiger partial charge >= 0.3 is 0 Å². The van der Waals surface area contributed by atoms with Crippen LogP contribution in [0.3, 0.4) is 0 Å². The van der Waals surface area contributed by atoms with Gasteiger partial charge in [-0.25, -0.2) is 4.99 Å². The predicted octanol–water partition coefficient (Wildman–Crippen LogP) is 2.23. The smallest absolute Gasteiger partial charge is 0.191 e. The molecular weight excluding hydrogens is 441 g/mol. The van der Waals surface area contributed by atoms with Crippen LogP contribution in [-0.4, -0.2) is 57.8 Å². The van der Waals surface area contributed by atoms with Crippen molar-refractivity contribution in [2.45, 2.75) is 52.1 Å². The third-order valence-electron chi connectivity index (χ3n) is 4.83. The molecule has 0 spiro atoms. The van der Waals surface area contributed by atoms with Crippen LogP contribution in [0.4, 0.5) is 0 Å². The molecule has 2 rings (SSSR count). The van der Waals surface area contributed by atoms with Crippen LogP contribution in [0.15, 0.2) is 17.6 Å². The van der Waals surface area contributed by atoms with E-state index in [2.05, 4.69) is 44.2 Å². The fourth-order valence-electron chi connectivity index (χ4n) is 3.06. The highest BCUT2D eigenvalue weighted by molar-refractivity contribution is 14.0. The summed E-state index contributed by atoms with van der Waals surface area (Å²) in [6.45, 7) is 12.5. The maximum absolute atomic E-state index is 4.61. The fraction of sp³-hybridized carbons (Fsp3) is 0.722. The predicted molar refractivity (Wildman–Crippen MR) is 118 cm³/mol. The summed E-state index contributed by atoms with van der Waals surface area (Å²) in [4.78, 5) is 7.21. The molecule has 1 aromatic heterocycles. The van der Waals surface area contributed by atoms with E-state index in [0.29, 0.717) is 13.1 Å². The van der Waals surface area contributed by atoms with Crippen molar-refractivity contribution in [2.75, 3.05) is 26.2 Å². The Kier molecular flexibility index (Phi) is 10.8. The summed E-state index contributed by atoms with van der Waals surface area (Å²) in [5.74, 6) is 2.56. The monoisotopic (exact) mass is 475 g/mol. The van der Waals surface area contributed by atoms with Gasteiger partial charge in [0.05, 0.1) is 0 Å². The number of likely N-dealkylation sites (tertiary alicyclic amines) is 1. The molecule has 1 atom stereocenters. The lowest BCUT2D eigenvalue weighted by atomic mass is 10.0. The summed E-state index contributed by atoms with van der Waals surface area (Å²) in [5, 5.41) is 14.9. The summed E-state index contributed by atoms with van der Waals surface area (Å²) in [5.41, 5.74) is 0. The Morgan fingerprint density at radius 1 is 1.35 bits per heavy atom. The third kappa shape index (κ3) is 7.22. The van der Waals surface area contributed by atoms with Crippen LogP contribution in [0.2, 0.25) is 0 Å². The Balaban J connectivity index is 0.00000338. The zero-order chi connectivity index (χ0) is 18.1. The van der Waals surface area contributed by atoms with Crippen LogP contribution >= 0.6 is 24.0 Å². The van der Waals surface area contributed by atoms with Crippen molar-refractivity contribution in [3.63, 3.8) is 0 Å². The van der Waals surface area contributed by atoms with E-state index in [0.717, 1.165) is 43.2 Å². The third-order valence-corrected chi connectivity index (χ3v) is 4.83. The van der Waals surface area contributed by atoms with Crippen molar-refractivity contribution in [3.8, 4) is 0 Å². The SMILES string of the molecule is C=CCNC(=NCc1nnc(C)n1C)NCCCN1CCCCC1C.I. The molecule has 2 N–H and O–H groups in total. The van der Waals surface area contributed by atoms with Crippen LogP contribution in [0, 0.1) is 6.92 Å². The number of hydrogen-bond donors (Lipinski definition) is 2. The number of aryl methyl sites for hydroxylation is 1. The minimum atomic E-state index is 0. The molecule has 2 heterocycles. The van der Waals surface area contributed by atoms with Gasteiger partial charge in [0.1, 0.15) is 12.4 Å². The molecule has 0 saturated carbocycles. The van der Waals surface area contributed by atoms with E-state index in [1.54, 1.807) is 0 Å². The molecule has 0 bridgehead atoms. The lowest BCUT2D eigenvalue weighted by Gasteiger charge is -2.33. The number of guanidine groups is 1. The highest BCUT2D eigenvalue weighted by atomic mass is 127. The number of nitrogens with one attached hydrogen (secondary N) is 2. The Morgan fingerprint density at radius 2 is 2.15 bits per heavy atom. The molecule has 148 valence electrons. The van der Waals surface area contributed by atoms with Gasteiger partial charge in [0.15, 0.2) is 11.8 Å². The lowest BCUT2D eigenvalue weighted by molar-refractivity contribution is 0.159. The number of rotatable bonds is 8. The first kappa shape index (κ1) is 22.9. The molecule has 8 heteroatoms. The summed E-state index contributed by atoms with van der Waals surface area (Å²) in [7, 11) is 1.96. The first-order valence-corrected chi connectivity index (χ1v) is 9.33.